The molecule has 3 rings (SSSR count). The van der Waals surface area contributed by atoms with Crippen molar-refractivity contribution < 1.29 is 22.4 Å². The lowest BCUT2D eigenvalue weighted by molar-refractivity contribution is -0.137. The summed E-state index contributed by atoms with van der Waals surface area (Å²) in [5, 5.41) is 2.54. The van der Waals surface area contributed by atoms with Crippen LogP contribution < -0.4 is 10.9 Å². The zero-order chi connectivity index (χ0) is 20.3. The zero-order valence-electron chi connectivity index (χ0n) is 14.1. The molecule has 1 aromatic carbocycles. The third-order valence-corrected chi connectivity index (χ3v) is 3.95. The van der Waals surface area contributed by atoms with Crippen LogP contribution in [0.1, 0.15) is 33.2 Å². The molecule has 9 heteroatoms. The smallest absolute Gasteiger partial charge is 0.339 e. The summed E-state index contributed by atoms with van der Waals surface area (Å²) in [6.07, 6.45) is -2.04. The van der Waals surface area contributed by atoms with E-state index < -0.39 is 35.1 Å². The van der Waals surface area contributed by atoms with E-state index in [1.165, 1.54) is 24.5 Å². The number of benzene rings is 1. The van der Waals surface area contributed by atoms with E-state index in [9.17, 15) is 27.2 Å². The minimum Gasteiger partial charge on any atom is -0.339 e. The first-order chi connectivity index (χ1) is 13.3. The van der Waals surface area contributed by atoms with E-state index in [2.05, 4.69) is 15.3 Å². The van der Waals surface area contributed by atoms with Gasteiger partial charge in [-0.2, -0.15) is 13.2 Å². The fourth-order valence-corrected chi connectivity index (χ4v) is 2.55. The van der Waals surface area contributed by atoms with Gasteiger partial charge in [0.25, 0.3) is 5.91 Å². The topological polar surface area (TPSA) is 74.8 Å². The van der Waals surface area contributed by atoms with Gasteiger partial charge in [0.15, 0.2) is 0 Å². The van der Waals surface area contributed by atoms with Gasteiger partial charge >= 0.3 is 6.18 Å². The molecule has 144 valence electrons. The van der Waals surface area contributed by atoms with E-state index >= 15 is 0 Å². The number of alkyl halides is 3. The van der Waals surface area contributed by atoms with Crippen LogP contribution in [0.3, 0.4) is 0 Å². The Morgan fingerprint density at radius 3 is 2.36 bits per heavy atom. The Labute approximate surface area is 156 Å². The third-order valence-electron chi connectivity index (χ3n) is 3.95. The Morgan fingerprint density at radius 1 is 1.07 bits per heavy atom. The predicted molar refractivity (Wildman–Crippen MR) is 92.0 cm³/mol. The molecule has 0 aliphatic carbocycles. The number of aromatic amines is 1. The van der Waals surface area contributed by atoms with E-state index in [4.69, 9.17) is 0 Å². The molecular weight excluding hydrogens is 378 g/mol. The highest BCUT2D eigenvalue weighted by atomic mass is 19.4. The highest BCUT2D eigenvalue weighted by Crippen LogP contribution is 2.31. The second kappa shape index (κ2) is 7.63. The van der Waals surface area contributed by atoms with Gasteiger partial charge in [0.1, 0.15) is 11.5 Å². The minimum absolute atomic E-state index is 0.0906. The molecule has 0 spiro atoms. The van der Waals surface area contributed by atoms with Crippen LogP contribution in [0.25, 0.3) is 0 Å². The number of nitrogens with one attached hydrogen (secondary N) is 2. The van der Waals surface area contributed by atoms with Crippen LogP contribution in [-0.4, -0.2) is 15.9 Å². The number of aromatic nitrogens is 2. The van der Waals surface area contributed by atoms with E-state index in [1.54, 1.807) is 0 Å². The molecule has 0 aliphatic rings. The van der Waals surface area contributed by atoms with Crippen molar-refractivity contribution in [3.05, 3.63) is 99.5 Å². The number of carbonyl (C=O) groups excluding carboxylic acids is 1. The van der Waals surface area contributed by atoms with Crippen LogP contribution in [0.2, 0.25) is 0 Å². The van der Waals surface area contributed by atoms with Gasteiger partial charge in [-0.15, -0.1) is 0 Å². The fraction of sp³-hybridized carbons (Fsp3) is 0.105. The third kappa shape index (κ3) is 4.25. The lowest BCUT2D eigenvalue weighted by Crippen LogP contribution is -2.31. The number of pyridine rings is 2. The molecule has 3 aromatic rings. The fourth-order valence-electron chi connectivity index (χ4n) is 2.55. The van der Waals surface area contributed by atoms with Crippen LogP contribution in [0, 0.1) is 5.82 Å². The number of carbonyl (C=O) groups is 1. The lowest BCUT2D eigenvalue weighted by atomic mass is 10.0. The Bertz CT molecular complexity index is 1030. The van der Waals surface area contributed by atoms with Crippen molar-refractivity contribution in [2.45, 2.75) is 12.2 Å². The number of amides is 1. The molecule has 28 heavy (non-hydrogen) atoms. The summed E-state index contributed by atoms with van der Waals surface area (Å²) in [6.45, 7) is 0. The first kappa shape index (κ1) is 19.3. The number of halogens is 4. The highest BCUT2D eigenvalue weighted by Gasteiger charge is 2.31. The van der Waals surface area contributed by atoms with Crippen LogP contribution >= 0.6 is 0 Å². The summed E-state index contributed by atoms with van der Waals surface area (Å²) < 4.78 is 52.7. The number of H-pyrrole nitrogens is 1. The predicted octanol–water partition coefficient (Wildman–Crippen LogP) is 3.45. The highest BCUT2D eigenvalue weighted by molar-refractivity contribution is 5.94. The van der Waals surface area contributed by atoms with E-state index in [1.807, 2.05) is 0 Å². The van der Waals surface area contributed by atoms with Gasteiger partial charge in [0.05, 0.1) is 17.2 Å². The first-order valence-electron chi connectivity index (χ1n) is 8.03. The number of rotatable bonds is 4. The van der Waals surface area contributed by atoms with Crippen LogP contribution in [0.15, 0.2) is 65.7 Å². The molecule has 1 amide bonds. The van der Waals surface area contributed by atoms with E-state index in [0.717, 1.165) is 36.4 Å². The van der Waals surface area contributed by atoms with E-state index in [-0.39, 0.29) is 16.8 Å². The largest absolute Gasteiger partial charge is 0.416 e. The Kier molecular flexibility index (Phi) is 5.25. The van der Waals surface area contributed by atoms with Crippen molar-refractivity contribution in [2.75, 3.05) is 0 Å². The summed E-state index contributed by atoms with van der Waals surface area (Å²) in [5.41, 5.74) is -1.13. The molecule has 0 radical (unpaired) electrons. The van der Waals surface area contributed by atoms with Gasteiger partial charge in [0, 0.05) is 18.5 Å². The maximum Gasteiger partial charge on any atom is 0.416 e. The van der Waals surface area contributed by atoms with Crippen molar-refractivity contribution in [3.63, 3.8) is 0 Å². The standard InChI is InChI=1S/C19H13F4N3O2/c20-14-2-1-9-24-17(14)16(11-3-6-13(7-4-11)19(21,22)23)26-18(28)12-5-8-15(27)25-10-12/h1-10,16H,(H,25,27)(H,26,28)/t16-/m0/s1. The maximum atomic E-state index is 14.3. The van der Waals surface area contributed by atoms with Crippen molar-refractivity contribution >= 4 is 5.91 Å². The second-order valence-corrected chi connectivity index (χ2v) is 5.84. The van der Waals surface area contributed by atoms with Crippen molar-refractivity contribution in [1.29, 1.82) is 0 Å². The molecule has 2 heterocycles. The van der Waals surface area contributed by atoms with Crippen molar-refractivity contribution in [3.8, 4) is 0 Å². The summed E-state index contributed by atoms with van der Waals surface area (Å²) in [7, 11) is 0. The average molecular weight is 391 g/mol. The van der Waals surface area contributed by atoms with Crippen molar-refractivity contribution in [2.24, 2.45) is 0 Å². The molecule has 1 atom stereocenters. The monoisotopic (exact) mass is 391 g/mol. The zero-order valence-corrected chi connectivity index (χ0v) is 14.1. The SMILES string of the molecule is O=C(N[C@@H](c1ccc(C(F)(F)F)cc1)c1ncccc1F)c1ccc(=O)[nH]c1. The Balaban J connectivity index is 1.98. The maximum absolute atomic E-state index is 14.3. The van der Waals surface area contributed by atoms with Gasteiger partial charge in [-0.3, -0.25) is 14.6 Å². The molecule has 5 nitrogen and oxygen atoms in total. The molecule has 2 N–H and O–H groups in total. The first-order valence-corrected chi connectivity index (χ1v) is 8.03. The molecule has 0 aliphatic heterocycles. The minimum atomic E-state index is -4.52. The summed E-state index contributed by atoms with van der Waals surface area (Å²) in [6, 6.07) is 7.74. The van der Waals surface area contributed by atoms with Gasteiger partial charge < -0.3 is 10.3 Å². The van der Waals surface area contributed by atoms with Crippen LogP contribution in [0.4, 0.5) is 17.6 Å². The van der Waals surface area contributed by atoms with Crippen LogP contribution in [-0.2, 0) is 6.18 Å². The second-order valence-electron chi connectivity index (χ2n) is 5.84. The molecule has 2 aromatic heterocycles. The van der Waals surface area contributed by atoms with Crippen molar-refractivity contribution in [1.82, 2.24) is 15.3 Å². The van der Waals surface area contributed by atoms with E-state index in [0.29, 0.717) is 0 Å². The molecule has 0 fully saturated rings. The average Bonchev–Trinajstić information content (AvgIpc) is 2.66. The number of hydrogen-bond acceptors (Lipinski definition) is 3. The molecule has 0 saturated heterocycles. The van der Waals surface area contributed by atoms with Gasteiger partial charge in [-0.1, -0.05) is 12.1 Å². The number of nitrogens with zero attached hydrogens (tertiary/aromatic N) is 1. The normalized spacial score (nSPS) is 12.4. The molecule has 0 unspecified atom stereocenters. The van der Waals surface area contributed by atoms with Gasteiger partial charge in [-0.25, -0.2) is 4.39 Å². The molecular formula is C19H13F4N3O2. The summed E-state index contributed by atoms with van der Waals surface area (Å²) in [5.74, 6) is -1.39. The van der Waals surface area contributed by atoms with Gasteiger partial charge in [-0.05, 0) is 35.9 Å². The van der Waals surface area contributed by atoms with Crippen LogP contribution in [0.5, 0.6) is 0 Å². The Morgan fingerprint density at radius 2 is 1.79 bits per heavy atom. The van der Waals surface area contributed by atoms with Gasteiger partial charge in [0.2, 0.25) is 5.56 Å². The lowest BCUT2D eigenvalue weighted by Gasteiger charge is -2.20. The molecule has 0 saturated carbocycles. The summed E-state index contributed by atoms with van der Waals surface area (Å²) in [4.78, 5) is 29.9. The Hall–Kier alpha value is -3.49. The molecule has 0 bridgehead atoms. The summed E-state index contributed by atoms with van der Waals surface area (Å²) >= 11 is 0. The number of hydrogen-bond donors (Lipinski definition) is 2. The quantitative estimate of drug-likeness (QED) is 0.669.